The van der Waals surface area contributed by atoms with Crippen molar-refractivity contribution in [2.75, 3.05) is 7.11 Å². The fourth-order valence-electron chi connectivity index (χ4n) is 4.84. The molecule has 3 aromatic rings. The van der Waals surface area contributed by atoms with E-state index in [2.05, 4.69) is 6.58 Å². The number of hydrogen-bond donors (Lipinski definition) is 2. The lowest BCUT2D eigenvalue weighted by atomic mass is 9.80. The molecule has 0 amide bonds. The third-order valence-corrected chi connectivity index (χ3v) is 7.58. The normalized spacial score (nSPS) is 14.9. The quantitative estimate of drug-likeness (QED) is 0.221. The summed E-state index contributed by atoms with van der Waals surface area (Å²) in [6.45, 7) is 7.74. The largest absolute Gasteiger partial charge is 0.497 e. The number of hydrogen-bond acceptors (Lipinski definition) is 4. The molecule has 3 aromatic carbocycles. The molecule has 1 aliphatic carbocycles. The van der Waals surface area contributed by atoms with Crippen LogP contribution in [-0.2, 0) is 11.4 Å². The zero-order valence-corrected chi connectivity index (χ0v) is 22.8. The van der Waals surface area contributed by atoms with E-state index in [1.807, 2.05) is 38.1 Å². The number of carbonyl (C=O) groups is 1. The van der Waals surface area contributed by atoms with E-state index >= 15 is 4.39 Å². The van der Waals surface area contributed by atoms with Gasteiger partial charge in [-0.05, 0) is 70.8 Å². The summed E-state index contributed by atoms with van der Waals surface area (Å²) >= 11 is 0. The van der Waals surface area contributed by atoms with E-state index in [1.165, 1.54) is 6.07 Å². The summed E-state index contributed by atoms with van der Waals surface area (Å²) in [4.78, 5) is 11.4. The monoisotopic (exact) mass is 532 g/mol. The number of carboxylic acid groups (broad SMARTS) is 1. The molecule has 0 saturated heterocycles. The highest BCUT2D eigenvalue weighted by Gasteiger charge is 2.29. The minimum atomic E-state index is -0.893. The average Bonchev–Trinajstić information content (AvgIpc) is 3.75. The van der Waals surface area contributed by atoms with Crippen LogP contribution in [0.2, 0.25) is 0 Å². The van der Waals surface area contributed by atoms with E-state index in [-0.39, 0.29) is 18.9 Å². The van der Waals surface area contributed by atoms with Gasteiger partial charge < -0.3 is 19.7 Å². The zero-order valence-electron chi connectivity index (χ0n) is 22.8. The SMILES string of the molecule is C=CC(C)(C)[C@@H](O)c1ccc(OC)cc1-c1ccc(COc2cccc([C@@H](CC(=O)O)CC3CC3)c2)cc1F. The molecule has 39 heavy (non-hydrogen) atoms. The molecule has 0 spiro atoms. The van der Waals surface area contributed by atoms with Crippen LogP contribution in [0.1, 0.15) is 68.2 Å². The van der Waals surface area contributed by atoms with E-state index in [1.54, 1.807) is 43.5 Å². The van der Waals surface area contributed by atoms with Crippen LogP contribution in [0.3, 0.4) is 0 Å². The highest BCUT2D eigenvalue weighted by Crippen LogP contribution is 2.42. The topological polar surface area (TPSA) is 76.0 Å². The van der Waals surface area contributed by atoms with Crippen LogP contribution in [0, 0.1) is 17.2 Å². The number of aliphatic carboxylic acids is 1. The first kappa shape index (κ1) is 28.4. The van der Waals surface area contributed by atoms with Crippen molar-refractivity contribution in [3.63, 3.8) is 0 Å². The molecule has 0 bridgehead atoms. The van der Waals surface area contributed by atoms with Crippen molar-refractivity contribution >= 4 is 5.97 Å². The van der Waals surface area contributed by atoms with Gasteiger partial charge in [-0.1, -0.05) is 63.1 Å². The second kappa shape index (κ2) is 12.0. The predicted octanol–water partition coefficient (Wildman–Crippen LogP) is 7.68. The van der Waals surface area contributed by atoms with Gasteiger partial charge in [0.25, 0.3) is 0 Å². The van der Waals surface area contributed by atoms with E-state index in [4.69, 9.17) is 9.47 Å². The van der Waals surface area contributed by atoms with Crippen molar-refractivity contribution in [1.29, 1.82) is 0 Å². The summed E-state index contributed by atoms with van der Waals surface area (Å²) in [6, 6.07) is 17.7. The second-order valence-corrected chi connectivity index (χ2v) is 11.0. The van der Waals surface area contributed by atoms with Gasteiger partial charge in [0.2, 0.25) is 0 Å². The third-order valence-electron chi connectivity index (χ3n) is 7.58. The summed E-state index contributed by atoms with van der Waals surface area (Å²) in [5.74, 6) is 0.499. The Morgan fingerprint density at radius 3 is 2.51 bits per heavy atom. The molecule has 1 saturated carbocycles. The highest BCUT2D eigenvalue weighted by molar-refractivity contribution is 5.71. The van der Waals surface area contributed by atoms with Crippen molar-refractivity contribution < 1.29 is 28.9 Å². The second-order valence-electron chi connectivity index (χ2n) is 11.0. The van der Waals surface area contributed by atoms with Crippen LogP contribution in [0.4, 0.5) is 4.39 Å². The Kier molecular flexibility index (Phi) is 8.76. The lowest BCUT2D eigenvalue weighted by Crippen LogP contribution is -2.20. The number of aliphatic hydroxyl groups excluding tert-OH is 1. The van der Waals surface area contributed by atoms with Crippen LogP contribution in [-0.4, -0.2) is 23.3 Å². The average molecular weight is 533 g/mol. The van der Waals surface area contributed by atoms with Gasteiger partial charge >= 0.3 is 5.97 Å². The summed E-state index contributed by atoms with van der Waals surface area (Å²) in [5, 5.41) is 20.5. The van der Waals surface area contributed by atoms with Crippen molar-refractivity contribution in [3.8, 4) is 22.6 Å². The van der Waals surface area contributed by atoms with Gasteiger partial charge in [-0.15, -0.1) is 6.58 Å². The fourth-order valence-corrected chi connectivity index (χ4v) is 4.84. The van der Waals surface area contributed by atoms with E-state index in [9.17, 15) is 15.0 Å². The minimum absolute atomic E-state index is 0.0474. The molecule has 0 aliphatic heterocycles. The van der Waals surface area contributed by atoms with Crippen LogP contribution in [0.25, 0.3) is 11.1 Å². The van der Waals surface area contributed by atoms with Crippen molar-refractivity contribution in [2.24, 2.45) is 11.3 Å². The molecule has 5 nitrogen and oxygen atoms in total. The fraction of sp³-hybridized carbons (Fsp3) is 0.364. The van der Waals surface area contributed by atoms with Gasteiger partial charge in [0.05, 0.1) is 19.6 Å². The number of carboxylic acids is 1. The van der Waals surface area contributed by atoms with Gasteiger partial charge in [0.15, 0.2) is 0 Å². The molecule has 206 valence electrons. The maximum atomic E-state index is 15.5. The van der Waals surface area contributed by atoms with Crippen molar-refractivity contribution in [3.05, 3.63) is 95.8 Å². The molecule has 0 heterocycles. The van der Waals surface area contributed by atoms with E-state index < -0.39 is 23.3 Å². The molecule has 4 rings (SSSR count). The Morgan fingerprint density at radius 1 is 1.10 bits per heavy atom. The molecule has 1 aliphatic rings. The Hall–Kier alpha value is -3.64. The standard InChI is InChI=1S/C33H37FO5/c1-5-33(2,3)32(37)28-14-12-25(38-4)19-29(28)27-13-11-22(16-30(27)34)20-39-26-8-6-7-23(17-26)24(18-31(35)36)15-21-9-10-21/h5-8,11-14,16-17,19,21,24,32,37H,1,9-10,15,18,20H2,2-4H3,(H,35,36)/t24-,32+/m1/s1. The maximum absolute atomic E-state index is 15.5. The molecular formula is C33H37FO5. The number of methoxy groups -OCH3 is 1. The van der Waals surface area contributed by atoms with Crippen molar-refractivity contribution in [2.45, 2.75) is 58.2 Å². The molecular weight excluding hydrogens is 495 g/mol. The van der Waals surface area contributed by atoms with Crippen LogP contribution in [0.5, 0.6) is 11.5 Å². The van der Waals surface area contributed by atoms with Crippen LogP contribution in [0.15, 0.2) is 73.3 Å². The van der Waals surface area contributed by atoms with Crippen LogP contribution < -0.4 is 9.47 Å². The summed E-state index contributed by atoms with van der Waals surface area (Å²) in [7, 11) is 1.55. The van der Waals surface area contributed by atoms with Gasteiger partial charge in [0.1, 0.15) is 23.9 Å². The molecule has 0 unspecified atom stereocenters. The molecule has 6 heteroatoms. The van der Waals surface area contributed by atoms with Crippen molar-refractivity contribution in [1.82, 2.24) is 0 Å². The number of halogens is 1. The van der Waals surface area contributed by atoms with E-state index in [0.717, 1.165) is 24.8 Å². The number of rotatable bonds is 13. The third kappa shape index (κ3) is 7.07. The maximum Gasteiger partial charge on any atom is 0.303 e. The van der Waals surface area contributed by atoms with Crippen LogP contribution >= 0.6 is 0 Å². The Labute approximate surface area is 229 Å². The van der Waals surface area contributed by atoms with Gasteiger partial charge in [-0.25, -0.2) is 4.39 Å². The van der Waals surface area contributed by atoms with Gasteiger partial charge in [-0.3, -0.25) is 4.79 Å². The number of benzene rings is 3. The first-order valence-corrected chi connectivity index (χ1v) is 13.3. The summed E-state index contributed by atoms with van der Waals surface area (Å²) < 4.78 is 26.8. The summed E-state index contributed by atoms with van der Waals surface area (Å²) in [6.07, 6.45) is 4.08. The molecule has 2 atom stereocenters. The number of ether oxygens (including phenoxy) is 2. The number of aliphatic hydroxyl groups is 1. The van der Waals surface area contributed by atoms with E-state index in [0.29, 0.717) is 39.7 Å². The first-order valence-electron chi connectivity index (χ1n) is 13.3. The first-order chi connectivity index (χ1) is 18.6. The molecule has 1 fully saturated rings. The highest BCUT2D eigenvalue weighted by atomic mass is 19.1. The Bertz CT molecular complexity index is 1330. The molecule has 2 N–H and O–H groups in total. The Morgan fingerprint density at radius 2 is 1.87 bits per heavy atom. The predicted molar refractivity (Wildman–Crippen MR) is 150 cm³/mol. The molecule has 0 aromatic heterocycles. The lowest BCUT2D eigenvalue weighted by molar-refractivity contribution is -0.137. The minimum Gasteiger partial charge on any atom is -0.497 e. The summed E-state index contributed by atoms with van der Waals surface area (Å²) in [5.41, 5.74) is 2.47. The Balaban J connectivity index is 1.54. The van der Waals surface area contributed by atoms with Gasteiger partial charge in [0, 0.05) is 11.0 Å². The van der Waals surface area contributed by atoms with Gasteiger partial charge in [-0.2, -0.15) is 0 Å². The smallest absolute Gasteiger partial charge is 0.303 e. The lowest BCUT2D eigenvalue weighted by Gasteiger charge is -2.29. The zero-order chi connectivity index (χ0) is 28.2. The molecule has 0 radical (unpaired) electrons.